The Morgan fingerprint density at radius 3 is 2.35 bits per heavy atom. The molecule has 0 fully saturated rings. The number of carbonyl (C=O) groups excluding carboxylic acids is 1. The monoisotopic (exact) mass is 437 g/mol. The molecule has 0 spiro atoms. The van der Waals surface area contributed by atoms with E-state index in [2.05, 4.69) is 5.32 Å². The lowest BCUT2D eigenvalue weighted by molar-refractivity contribution is -0.114. The first-order chi connectivity index (χ1) is 14.6. The molecule has 0 aliphatic heterocycles. The number of amides is 1. The van der Waals surface area contributed by atoms with Crippen LogP contribution in [0, 0.1) is 5.41 Å². The van der Waals surface area contributed by atoms with Crippen molar-refractivity contribution in [1.82, 2.24) is 0 Å². The molecule has 0 aromatic heterocycles. The highest BCUT2D eigenvalue weighted by atomic mass is 32.2. The third kappa shape index (κ3) is 5.47. The molecule has 0 unspecified atom stereocenters. The van der Waals surface area contributed by atoms with Gasteiger partial charge in [0, 0.05) is 29.5 Å². The Balaban J connectivity index is 1.70. The number of benzene rings is 3. The van der Waals surface area contributed by atoms with E-state index in [4.69, 9.17) is 16.3 Å². The molecule has 0 heterocycles. The lowest BCUT2D eigenvalue weighted by Gasteiger charge is -2.19. The summed E-state index contributed by atoms with van der Waals surface area (Å²) in [5.74, 6) is -0.266. The first kappa shape index (κ1) is 22.0. The van der Waals surface area contributed by atoms with E-state index < -0.39 is 10.0 Å². The van der Waals surface area contributed by atoms with Crippen molar-refractivity contribution in [3.8, 4) is 11.1 Å². The molecule has 6 N–H and O–H groups in total. The van der Waals surface area contributed by atoms with Crippen molar-refractivity contribution in [1.29, 1.82) is 5.41 Å². The Hall–Kier alpha value is -3.69. The molecule has 0 radical (unpaired) electrons. The van der Waals surface area contributed by atoms with E-state index in [0.717, 1.165) is 5.69 Å². The van der Waals surface area contributed by atoms with Crippen LogP contribution in [0.4, 0.5) is 11.4 Å². The van der Waals surface area contributed by atoms with Gasteiger partial charge in [-0.2, -0.15) is 0 Å². The maximum absolute atomic E-state index is 12.4. The van der Waals surface area contributed by atoms with Gasteiger partial charge in [-0.3, -0.25) is 10.2 Å². The molecule has 31 heavy (non-hydrogen) atoms. The van der Waals surface area contributed by atoms with Crippen LogP contribution in [0.25, 0.3) is 11.1 Å². The highest BCUT2D eigenvalue weighted by Gasteiger charge is 2.15. The number of rotatable bonds is 7. The van der Waals surface area contributed by atoms with E-state index in [9.17, 15) is 13.2 Å². The predicted molar refractivity (Wildman–Crippen MR) is 123 cm³/mol. The molecule has 1 amide bonds. The number of hydrogen-bond donors (Lipinski definition) is 4. The zero-order chi connectivity index (χ0) is 22.6. The van der Waals surface area contributed by atoms with Gasteiger partial charge in [0.05, 0.1) is 11.4 Å². The van der Waals surface area contributed by atoms with Crippen molar-refractivity contribution < 1.29 is 13.2 Å². The lowest BCUT2D eigenvalue weighted by Crippen LogP contribution is -2.30. The molecule has 3 aromatic rings. The van der Waals surface area contributed by atoms with Crippen LogP contribution < -0.4 is 21.1 Å². The Morgan fingerprint density at radius 1 is 1.03 bits per heavy atom. The smallest absolute Gasteiger partial charge is 0.243 e. The van der Waals surface area contributed by atoms with Gasteiger partial charge in [0.15, 0.2) is 0 Å². The molecule has 0 aliphatic carbocycles. The second kappa shape index (κ2) is 8.99. The molecular weight excluding hydrogens is 414 g/mol. The van der Waals surface area contributed by atoms with Crippen molar-refractivity contribution in [2.75, 3.05) is 23.8 Å². The minimum Gasteiger partial charge on any atom is -0.384 e. The van der Waals surface area contributed by atoms with E-state index in [1.807, 2.05) is 6.07 Å². The topological polar surface area (TPSA) is 142 Å². The van der Waals surface area contributed by atoms with Gasteiger partial charge in [0.2, 0.25) is 15.9 Å². The van der Waals surface area contributed by atoms with Crippen LogP contribution in [-0.2, 0) is 14.8 Å². The van der Waals surface area contributed by atoms with Crippen LogP contribution in [0.15, 0.2) is 77.7 Å². The van der Waals surface area contributed by atoms with Crippen LogP contribution in [0.1, 0.15) is 5.56 Å². The summed E-state index contributed by atoms with van der Waals surface area (Å²) >= 11 is 0. The van der Waals surface area contributed by atoms with Crippen molar-refractivity contribution in [3.63, 3.8) is 0 Å². The van der Waals surface area contributed by atoms with Crippen molar-refractivity contribution in [2.24, 2.45) is 10.9 Å². The van der Waals surface area contributed by atoms with E-state index in [1.54, 1.807) is 72.6 Å². The minimum atomic E-state index is -3.86. The van der Waals surface area contributed by atoms with Crippen molar-refractivity contribution in [2.45, 2.75) is 4.90 Å². The fraction of sp³-hybridized carbons (Fsp3) is 0.0909. The summed E-state index contributed by atoms with van der Waals surface area (Å²) in [5.41, 5.74) is 8.60. The van der Waals surface area contributed by atoms with Crippen molar-refractivity contribution >= 4 is 33.1 Å². The molecular formula is C22H23N5O3S. The van der Waals surface area contributed by atoms with Gasteiger partial charge < -0.3 is 16.0 Å². The fourth-order valence-corrected chi connectivity index (χ4v) is 3.87. The maximum atomic E-state index is 12.4. The number of primary sulfonamides is 1. The average Bonchev–Trinajstić information content (AvgIpc) is 2.73. The standard InChI is InChI=1S/C22H23N5O3S/c1-27(18-6-4-5-16(13-18)22(23)24)14-21(28)26-17-11-9-15(10-12-17)19-7-2-3-8-20(19)31(25,29)30/h2-13H,14H2,1H3,(H3,23,24)(H,26,28)(H2,25,29,30). The van der Waals surface area contributed by atoms with Gasteiger partial charge in [0.1, 0.15) is 5.84 Å². The summed E-state index contributed by atoms with van der Waals surface area (Å²) < 4.78 is 23.6. The van der Waals surface area contributed by atoms with Gasteiger partial charge in [0.25, 0.3) is 0 Å². The Bertz CT molecular complexity index is 1220. The van der Waals surface area contributed by atoms with Gasteiger partial charge in [-0.15, -0.1) is 0 Å². The number of sulfonamides is 1. The van der Waals surface area contributed by atoms with Crippen LogP contribution in [-0.4, -0.2) is 33.8 Å². The van der Waals surface area contributed by atoms with Gasteiger partial charge in [-0.25, -0.2) is 13.6 Å². The predicted octanol–water partition coefficient (Wildman–Crippen LogP) is 2.36. The molecule has 160 valence electrons. The lowest BCUT2D eigenvalue weighted by atomic mass is 10.1. The minimum absolute atomic E-state index is 0.0381. The highest BCUT2D eigenvalue weighted by molar-refractivity contribution is 7.89. The molecule has 0 saturated carbocycles. The third-order valence-electron chi connectivity index (χ3n) is 4.65. The van der Waals surface area contributed by atoms with Crippen LogP contribution in [0.2, 0.25) is 0 Å². The van der Waals surface area contributed by atoms with Crippen LogP contribution >= 0.6 is 0 Å². The van der Waals surface area contributed by atoms with Crippen LogP contribution in [0.3, 0.4) is 0 Å². The van der Waals surface area contributed by atoms with Crippen LogP contribution in [0.5, 0.6) is 0 Å². The van der Waals surface area contributed by atoms with Crippen molar-refractivity contribution in [3.05, 3.63) is 78.4 Å². The van der Waals surface area contributed by atoms with E-state index in [-0.39, 0.29) is 23.2 Å². The number of carbonyl (C=O) groups is 1. The van der Waals surface area contributed by atoms with Gasteiger partial charge >= 0.3 is 0 Å². The van der Waals surface area contributed by atoms with Gasteiger partial charge in [-0.1, -0.05) is 42.5 Å². The summed E-state index contributed by atoms with van der Waals surface area (Å²) in [6, 6.07) is 20.4. The average molecular weight is 438 g/mol. The van der Waals surface area contributed by atoms with E-state index in [1.165, 1.54) is 6.07 Å². The largest absolute Gasteiger partial charge is 0.384 e. The number of anilines is 2. The van der Waals surface area contributed by atoms with E-state index in [0.29, 0.717) is 22.4 Å². The molecule has 9 heteroatoms. The second-order valence-electron chi connectivity index (χ2n) is 6.99. The Labute approximate surface area is 181 Å². The molecule has 3 rings (SSSR count). The number of likely N-dealkylation sites (N-methyl/N-ethyl adjacent to an activating group) is 1. The molecule has 8 nitrogen and oxygen atoms in total. The molecule has 0 saturated heterocycles. The zero-order valence-electron chi connectivity index (χ0n) is 16.9. The summed E-state index contributed by atoms with van der Waals surface area (Å²) in [6.07, 6.45) is 0. The normalized spacial score (nSPS) is 11.0. The quantitative estimate of drug-likeness (QED) is 0.331. The molecule has 3 aromatic carbocycles. The molecule has 0 aliphatic rings. The highest BCUT2D eigenvalue weighted by Crippen LogP contribution is 2.27. The Kier molecular flexibility index (Phi) is 6.38. The molecule has 0 bridgehead atoms. The van der Waals surface area contributed by atoms with E-state index >= 15 is 0 Å². The fourth-order valence-electron chi connectivity index (χ4n) is 3.10. The first-order valence-corrected chi connectivity index (χ1v) is 10.9. The number of nitrogens with one attached hydrogen (secondary N) is 2. The number of hydrogen-bond acceptors (Lipinski definition) is 5. The maximum Gasteiger partial charge on any atom is 0.243 e. The number of nitrogen functional groups attached to an aromatic ring is 1. The SMILES string of the molecule is CN(CC(=O)Nc1ccc(-c2ccccc2S(N)(=O)=O)cc1)c1cccc(C(=N)N)c1. The number of nitrogens with zero attached hydrogens (tertiary/aromatic N) is 1. The Morgan fingerprint density at radius 2 is 1.71 bits per heavy atom. The number of nitrogens with two attached hydrogens (primary N) is 2. The zero-order valence-corrected chi connectivity index (χ0v) is 17.7. The third-order valence-corrected chi connectivity index (χ3v) is 5.62. The second-order valence-corrected chi connectivity index (χ2v) is 8.52. The summed E-state index contributed by atoms with van der Waals surface area (Å²) in [6.45, 7) is 0.0946. The first-order valence-electron chi connectivity index (χ1n) is 9.33. The van der Waals surface area contributed by atoms with Gasteiger partial charge in [-0.05, 0) is 35.9 Å². The summed E-state index contributed by atoms with van der Waals surface area (Å²) in [4.78, 5) is 14.2. The number of amidine groups is 1. The molecule has 0 atom stereocenters. The summed E-state index contributed by atoms with van der Waals surface area (Å²) in [5, 5.41) is 15.6. The summed E-state index contributed by atoms with van der Waals surface area (Å²) in [7, 11) is -2.09.